The van der Waals surface area contributed by atoms with Crippen molar-refractivity contribution in [3.05, 3.63) is 42.1 Å². The summed E-state index contributed by atoms with van der Waals surface area (Å²) in [7, 11) is 0. The van der Waals surface area contributed by atoms with Crippen LogP contribution in [-0.2, 0) is 0 Å². The molecule has 2 rings (SSSR count). The number of nitrogens with one attached hydrogen (secondary N) is 2. The van der Waals surface area contributed by atoms with Crippen LogP contribution in [0, 0.1) is 0 Å². The summed E-state index contributed by atoms with van der Waals surface area (Å²) >= 11 is 0. The molecule has 1 aromatic rings. The van der Waals surface area contributed by atoms with Crippen molar-refractivity contribution in [2.45, 2.75) is 13.0 Å². The number of dihydropyridines is 1. The topological polar surface area (TPSA) is 40.7 Å². The molecule has 0 saturated carbocycles. The number of aromatic amines is 1. The molecule has 62 valence electrons. The van der Waals surface area contributed by atoms with Crippen LogP contribution in [0.25, 0.3) is 0 Å². The molecule has 0 aliphatic carbocycles. The van der Waals surface area contributed by atoms with Crippen LogP contribution < -0.4 is 5.32 Å². The summed E-state index contributed by atoms with van der Waals surface area (Å²) in [4.78, 5) is 7.25. The van der Waals surface area contributed by atoms with Crippen molar-refractivity contribution in [2.75, 3.05) is 0 Å². The van der Waals surface area contributed by atoms with E-state index in [-0.39, 0.29) is 6.04 Å². The average Bonchev–Trinajstić information content (AvgIpc) is 2.56. The van der Waals surface area contributed by atoms with Crippen molar-refractivity contribution in [1.82, 2.24) is 15.3 Å². The van der Waals surface area contributed by atoms with E-state index in [1.807, 2.05) is 18.5 Å². The van der Waals surface area contributed by atoms with Gasteiger partial charge >= 0.3 is 0 Å². The molecule has 2 N–H and O–H groups in total. The molecule has 2 heterocycles. The van der Waals surface area contributed by atoms with E-state index in [4.69, 9.17) is 0 Å². The maximum atomic E-state index is 4.18. The molecule has 1 atom stereocenters. The highest BCUT2D eigenvalue weighted by molar-refractivity contribution is 5.25. The van der Waals surface area contributed by atoms with E-state index in [1.54, 1.807) is 6.20 Å². The van der Waals surface area contributed by atoms with Gasteiger partial charge in [-0.2, -0.15) is 0 Å². The van der Waals surface area contributed by atoms with Gasteiger partial charge in [-0.3, -0.25) is 0 Å². The fraction of sp³-hybridized carbons (Fsp3) is 0.222. The molecule has 1 aromatic heterocycles. The van der Waals surface area contributed by atoms with Crippen LogP contribution in [-0.4, -0.2) is 9.97 Å². The lowest BCUT2D eigenvalue weighted by atomic mass is 10.1. The highest BCUT2D eigenvalue weighted by Crippen LogP contribution is 2.15. The maximum Gasteiger partial charge on any atom is 0.132 e. The molecule has 0 spiro atoms. The molecule has 12 heavy (non-hydrogen) atoms. The smallest absolute Gasteiger partial charge is 0.132 e. The Labute approximate surface area is 71.2 Å². The highest BCUT2D eigenvalue weighted by Gasteiger charge is 2.10. The number of H-pyrrole nitrogens is 1. The van der Waals surface area contributed by atoms with Gasteiger partial charge in [0.05, 0.1) is 0 Å². The highest BCUT2D eigenvalue weighted by atomic mass is 15.0. The minimum absolute atomic E-state index is 0.199. The van der Waals surface area contributed by atoms with Crippen LogP contribution in [0.4, 0.5) is 0 Å². The number of rotatable bonds is 1. The quantitative estimate of drug-likeness (QED) is 0.655. The predicted molar refractivity (Wildman–Crippen MR) is 47.4 cm³/mol. The van der Waals surface area contributed by atoms with Gasteiger partial charge in [-0.15, -0.1) is 0 Å². The number of hydrogen-bond acceptors (Lipinski definition) is 2. The van der Waals surface area contributed by atoms with Crippen LogP contribution in [0.15, 0.2) is 36.3 Å². The van der Waals surface area contributed by atoms with Gasteiger partial charge in [-0.1, -0.05) is 11.6 Å². The van der Waals surface area contributed by atoms with E-state index >= 15 is 0 Å². The first-order valence-electron chi connectivity index (χ1n) is 3.96. The minimum Gasteiger partial charge on any atom is -0.378 e. The van der Waals surface area contributed by atoms with Crippen molar-refractivity contribution >= 4 is 0 Å². The van der Waals surface area contributed by atoms with Gasteiger partial charge in [0.25, 0.3) is 0 Å². The Hall–Kier alpha value is -1.51. The second kappa shape index (κ2) is 2.85. The number of hydrogen-bond donors (Lipinski definition) is 2. The number of aromatic nitrogens is 2. The molecular formula is C9H11N3. The van der Waals surface area contributed by atoms with E-state index < -0.39 is 0 Å². The van der Waals surface area contributed by atoms with Gasteiger partial charge in [0.1, 0.15) is 11.9 Å². The lowest BCUT2D eigenvalue weighted by molar-refractivity contribution is 0.696. The van der Waals surface area contributed by atoms with Gasteiger partial charge in [0.15, 0.2) is 0 Å². The molecule has 0 amide bonds. The summed E-state index contributed by atoms with van der Waals surface area (Å²) < 4.78 is 0. The fourth-order valence-electron chi connectivity index (χ4n) is 1.26. The largest absolute Gasteiger partial charge is 0.378 e. The first-order valence-corrected chi connectivity index (χ1v) is 3.96. The number of imidazole rings is 1. The third kappa shape index (κ3) is 1.25. The molecule has 0 saturated heterocycles. The van der Waals surface area contributed by atoms with Crippen molar-refractivity contribution in [3.63, 3.8) is 0 Å². The Bertz CT molecular complexity index is 309. The number of nitrogens with zero attached hydrogens (tertiary/aromatic N) is 1. The molecule has 1 aliphatic rings. The Morgan fingerprint density at radius 3 is 3.08 bits per heavy atom. The SMILES string of the molecule is CC1=CC(c2ncc[nH]2)NC=C1. The average molecular weight is 161 g/mol. The molecule has 3 heteroatoms. The van der Waals surface area contributed by atoms with Crippen LogP contribution in [0.3, 0.4) is 0 Å². The third-order valence-corrected chi connectivity index (χ3v) is 1.87. The normalized spacial score (nSPS) is 21.8. The Morgan fingerprint density at radius 1 is 1.50 bits per heavy atom. The Morgan fingerprint density at radius 2 is 2.42 bits per heavy atom. The molecule has 0 bridgehead atoms. The molecule has 1 aliphatic heterocycles. The van der Waals surface area contributed by atoms with E-state index in [0.717, 1.165) is 5.82 Å². The van der Waals surface area contributed by atoms with E-state index in [2.05, 4.69) is 28.3 Å². The van der Waals surface area contributed by atoms with Crippen LogP contribution in [0.2, 0.25) is 0 Å². The van der Waals surface area contributed by atoms with Crippen LogP contribution in [0.1, 0.15) is 18.8 Å². The van der Waals surface area contributed by atoms with Gasteiger partial charge in [0.2, 0.25) is 0 Å². The lowest BCUT2D eigenvalue weighted by Crippen LogP contribution is -2.17. The van der Waals surface area contributed by atoms with Crippen molar-refractivity contribution in [1.29, 1.82) is 0 Å². The first kappa shape index (κ1) is 7.16. The summed E-state index contributed by atoms with van der Waals surface area (Å²) in [6.45, 7) is 2.08. The van der Waals surface area contributed by atoms with Gasteiger partial charge in [-0.05, 0) is 19.2 Å². The Kier molecular flexibility index (Phi) is 1.70. The predicted octanol–water partition coefficient (Wildman–Crippen LogP) is 1.51. The van der Waals surface area contributed by atoms with Crippen LogP contribution in [0.5, 0.6) is 0 Å². The molecule has 1 unspecified atom stereocenters. The molecule has 0 aromatic carbocycles. The zero-order chi connectivity index (χ0) is 8.39. The van der Waals surface area contributed by atoms with E-state index in [0.29, 0.717) is 0 Å². The van der Waals surface area contributed by atoms with Crippen molar-refractivity contribution < 1.29 is 0 Å². The van der Waals surface area contributed by atoms with Gasteiger partial charge in [0, 0.05) is 12.4 Å². The zero-order valence-electron chi connectivity index (χ0n) is 6.91. The maximum absolute atomic E-state index is 4.18. The van der Waals surface area contributed by atoms with Gasteiger partial charge < -0.3 is 10.3 Å². The standard InChI is InChI=1S/C9H11N3/c1-7-2-3-10-8(6-7)9-11-4-5-12-9/h2-6,8,10H,1H3,(H,11,12). The second-order valence-electron chi connectivity index (χ2n) is 2.86. The molecule has 0 radical (unpaired) electrons. The third-order valence-electron chi connectivity index (χ3n) is 1.87. The second-order valence-corrected chi connectivity index (χ2v) is 2.86. The summed E-state index contributed by atoms with van der Waals surface area (Å²) in [5.41, 5.74) is 1.26. The fourth-order valence-corrected chi connectivity index (χ4v) is 1.26. The Balaban J connectivity index is 2.22. The summed E-state index contributed by atoms with van der Waals surface area (Å²) in [5, 5.41) is 3.20. The van der Waals surface area contributed by atoms with Crippen LogP contribution >= 0.6 is 0 Å². The summed E-state index contributed by atoms with van der Waals surface area (Å²) in [5.74, 6) is 0.957. The lowest BCUT2D eigenvalue weighted by Gasteiger charge is -2.14. The summed E-state index contributed by atoms with van der Waals surface area (Å²) in [6, 6.07) is 0.199. The summed E-state index contributed by atoms with van der Waals surface area (Å²) in [6.07, 6.45) is 9.72. The van der Waals surface area contributed by atoms with Crippen molar-refractivity contribution in [3.8, 4) is 0 Å². The molecular weight excluding hydrogens is 150 g/mol. The van der Waals surface area contributed by atoms with E-state index in [9.17, 15) is 0 Å². The van der Waals surface area contributed by atoms with Crippen molar-refractivity contribution in [2.24, 2.45) is 0 Å². The minimum atomic E-state index is 0.199. The van der Waals surface area contributed by atoms with Gasteiger partial charge in [-0.25, -0.2) is 4.98 Å². The molecule has 3 nitrogen and oxygen atoms in total. The zero-order valence-corrected chi connectivity index (χ0v) is 6.91. The van der Waals surface area contributed by atoms with E-state index in [1.165, 1.54) is 5.57 Å². The monoisotopic (exact) mass is 161 g/mol. The number of allylic oxidation sites excluding steroid dienone is 2. The first-order chi connectivity index (χ1) is 5.86. The molecule has 0 fully saturated rings.